The Morgan fingerprint density at radius 2 is 1.37 bits per heavy atom. The number of rotatable bonds is 3. The minimum atomic E-state index is -0.610. The van der Waals surface area contributed by atoms with Crippen LogP contribution < -0.4 is 0 Å². The maximum Gasteiger partial charge on any atom is 0.123 e. The number of aryl methyl sites for hydroxylation is 1. The molecular formula is C17H22O2. The molecule has 0 bridgehead atoms. The third kappa shape index (κ3) is 5.25. The van der Waals surface area contributed by atoms with Crippen molar-refractivity contribution in [3.8, 4) is 0 Å². The fourth-order valence-corrected chi connectivity index (χ4v) is 1.61. The maximum atomic E-state index is 8.55. The first-order valence-electron chi connectivity index (χ1n) is 6.52. The highest BCUT2D eigenvalue weighted by atomic mass is 17.1. The second kappa shape index (κ2) is 7.72. The topological polar surface area (TPSA) is 29.5 Å². The second-order valence-corrected chi connectivity index (χ2v) is 4.81. The van der Waals surface area contributed by atoms with E-state index in [4.69, 9.17) is 5.26 Å². The largest absolute Gasteiger partial charge is 0.251 e. The molecule has 0 heterocycles. The lowest BCUT2D eigenvalue weighted by molar-refractivity contribution is -0.318. The number of benzene rings is 2. The summed E-state index contributed by atoms with van der Waals surface area (Å²) in [5.74, 6) is 0. The van der Waals surface area contributed by atoms with Crippen LogP contribution in [0.25, 0.3) is 0 Å². The van der Waals surface area contributed by atoms with E-state index in [0.717, 1.165) is 12.0 Å². The molecule has 2 nitrogen and oxygen atoms in total. The Bertz CT molecular complexity index is 449. The van der Waals surface area contributed by atoms with Crippen LogP contribution in [0.4, 0.5) is 0 Å². The summed E-state index contributed by atoms with van der Waals surface area (Å²) in [6, 6.07) is 20.0. The Balaban J connectivity index is 0.000000200. The summed E-state index contributed by atoms with van der Waals surface area (Å²) in [5.41, 5.74) is 1.76. The predicted octanol–water partition coefficient (Wildman–Crippen LogP) is 4.66. The van der Waals surface area contributed by atoms with Crippen LogP contribution in [0.1, 0.15) is 31.9 Å². The normalized spacial score (nSPS) is 10.5. The summed E-state index contributed by atoms with van der Waals surface area (Å²) in [5, 5.41) is 8.55. The Morgan fingerprint density at radius 1 is 0.895 bits per heavy atom. The summed E-state index contributed by atoms with van der Waals surface area (Å²) in [4.78, 5) is 4.32. The van der Waals surface area contributed by atoms with Crippen molar-refractivity contribution in [1.29, 1.82) is 0 Å². The van der Waals surface area contributed by atoms with Gasteiger partial charge in [-0.15, -0.1) is 0 Å². The third-order valence-electron chi connectivity index (χ3n) is 2.95. The Kier molecular flexibility index (Phi) is 6.26. The zero-order chi connectivity index (χ0) is 14.1. The molecule has 2 aromatic carbocycles. The van der Waals surface area contributed by atoms with Crippen molar-refractivity contribution in [2.45, 2.75) is 32.8 Å². The highest BCUT2D eigenvalue weighted by Gasteiger charge is 2.20. The minimum Gasteiger partial charge on any atom is -0.251 e. The summed E-state index contributed by atoms with van der Waals surface area (Å²) in [6.45, 7) is 5.78. The van der Waals surface area contributed by atoms with E-state index in [1.807, 2.05) is 50.2 Å². The third-order valence-corrected chi connectivity index (χ3v) is 2.95. The van der Waals surface area contributed by atoms with Gasteiger partial charge in [-0.1, -0.05) is 67.6 Å². The Morgan fingerprint density at radius 3 is 1.74 bits per heavy atom. The lowest BCUT2D eigenvalue weighted by Gasteiger charge is -2.20. The Labute approximate surface area is 115 Å². The van der Waals surface area contributed by atoms with E-state index in [2.05, 4.69) is 36.1 Å². The van der Waals surface area contributed by atoms with Gasteiger partial charge in [0.25, 0.3) is 0 Å². The van der Waals surface area contributed by atoms with Gasteiger partial charge in [-0.2, -0.15) is 0 Å². The maximum absolute atomic E-state index is 8.55. The van der Waals surface area contributed by atoms with Crippen molar-refractivity contribution in [1.82, 2.24) is 0 Å². The summed E-state index contributed by atoms with van der Waals surface area (Å²) >= 11 is 0. The lowest BCUT2D eigenvalue weighted by Crippen LogP contribution is -2.19. The van der Waals surface area contributed by atoms with Gasteiger partial charge in [0.15, 0.2) is 0 Å². The number of hydrogen-bond donors (Lipinski definition) is 1. The van der Waals surface area contributed by atoms with Crippen LogP contribution in [-0.2, 0) is 16.9 Å². The van der Waals surface area contributed by atoms with Gasteiger partial charge < -0.3 is 0 Å². The molecule has 2 rings (SSSR count). The zero-order valence-electron chi connectivity index (χ0n) is 11.8. The lowest BCUT2D eigenvalue weighted by atomic mass is 9.99. The van der Waals surface area contributed by atoms with Gasteiger partial charge in [-0.05, 0) is 31.4 Å². The molecule has 1 N–H and O–H groups in total. The zero-order valence-corrected chi connectivity index (χ0v) is 11.8. The van der Waals surface area contributed by atoms with Crippen molar-refractivity contribution in [3.05, 3.63) is 71.8 Å². The molecule has 0 saturated heterocycles. The highest BCUT2D eigenvalue weighted by Crippen LogP contribution is 2.22. The average molecular weight is 258 g/mol. The molecule has 19 heavy (non-hydrogen) atoms. The molecule has 0 unspecified atom stereocenters. The first kappa shape index (κ1) is 15.4. The smallest absolute Gasteiger partial charge is 0.123 e. The van der Waals surface area contributed by atoms with Crippen LogP contribution in [0.2, 0.25) is 0 Å². The fraction of sp³-hybridized carbons (Fsp3) is 0.294. The van der Waals surface area contributed by atoms with E-state index >= 15 is 0 Å². The van der Waals surface area contributed by atoms with Crippen molar-refractivity contribution in [3.63, 3.8) is 0 Å². The van der Waals surface area contributed by atoms with E-state index in [9.17, 15) is 0 Å². The molecule has 0 saturated carbocycles. The standard InChI is InChI=1S/C9H12O2.C8H10/c1-9(2,11-10)8-6-4-3-5-7-8;1-2-8-6-4-3-5-7-8/h3-7,10H,1-2H3;3-7H,2H2,1H3. The van der Waals surface area contributed by atoms with Gasteiger partial charge in [0.1, 0.15) is 5.60 Å². The van der Waals surface area contributed by atoms with Crippen LogP contribution in [0.5, 0.6) is 0 Å². The summed E-state index contributed by atoms with van der Waals surface area (Å²) < 4.78 is 0. The predicted molar refractivity (Wildman–Crippen MR) is 79.0 cm³/mol. The van der Waals surface area contributed by atoms with E-state index in [1.54, 1.807) is 0 Å². The average Bonchev–Trinajstić information content (AvgIpc) is 2.49. The first-order valence-corrected chi connectivity index (χ1v) is 6.52. The van der Waals surface area contributed by atoms with Gasteiger partial charge in [0.05, 0.1) is 0 Å². The quantitative estimate of drug-likeness (QED) is 0.641. The highest BCUT2D eigenvalue weighted by molar-refractivity contribution is 5.20. The van der Waals surface area contributed by atoms with Crippen molar-refractivity contribution >= 4 is 0 Å². The molecular weight excluding hydrogens is 236 g/mol. The monoisotopic (exact) mass is 258 g/mol. The van der Waals surface area contributed by atoms with E-state index in [-0.39, 0.29) is 0 Å². The van der Waals surface area contributed by atoms with Crippen molar-refractivity contribution < 1.29 is 10.1 Å². The molecule has 0 aliphatic rings. The van der Waals surface area contributed by atoms with E-state index in [1.165, 1.54) is 5.56 Å². The van der Waals surface area contributed by atoms with E-state index in [0.29, 0.717) is 0 Å². The number of hydrogen-bond acceptors (Lipinski definition) is 2. The second-order valence-electron chi connectivity index (χ2n) is 4.81. The van der Waals surface area contributed by atoms with Crippen LogP contribution >= 0.6 is 0 Å². The van der Waals surface area contributed by atoms with Gasteiger partial charge in [0.2, 0.25) is 0 Å². The van der Waals surface area contributed by atoms with Crippen molar-refractivity contribution in [2.75, 3.05) is 0 Å². The van der Waals surface area contributed by atoms with Crippen LogP contribution in [0.15, 0.2) is 60.7 Å². The molecule has 0 aromatic heterocycles. The fourth-order valence-electron chi connectivity index (χ4n) is 1.61. The van der Waals surface area contributed by atoms with Gasteiger partial charge in [0, 0.05) is 0 Å². The molecule has 0 aliphatic heterocycles. The minimum absolute atomic E-state index is 0.610. The first-order chi connectivity index (χ1) is 9.10. The SMILES string of the molecule is CC(C)(OO)c1ccccc1.CCc1ccccc1. The van der Waals surface area contributed by atoms with Crippen LogP contribution in [0.3, 0.4) is 0 Å². The Hall–Kier alpha value is -1.64. The molecule has 102 valence electrons. The van der Waals surface area contributed by atoms with Crippen molar-refractivity contribution in [2.24, 2.45) is 0 Å². The molecule has 0 atom stereocenters. The summed E-state index contributed by atoms with van der Waals surface area (Å²) in [7, 11) is 0. The van der Waals surface area contributed by atoms with Gasteiger partial charge in [-0.25, -0.2) is 4.89 Å². The molecule has 2 heteroatoms. The van der Waals surface area contributed by atoms with Gasteiger partial charge >= 0.3 is 0 Å². The van der Waals surface area contributed by atoms with Gasteiger partial charge in [-0.3, -0.25) is 5.26 Å². The van der Waals surface area contributed by atoms with E-state index < -0.39 is 5.60 Å². The molecule has 0 aliphatic carbocycles. The molecule has 0 spiro atoms. The molecule has 0 radical (unpaired) electrons. The van der Waals surface area contributed by atoms with Crippen LogP contribution in [0, 0.1) is 0 Å². The molecule has 0 amide bonds. The molecule has 2 aromatic rings. The van der Waals surface area contributed by atoms with Crippen LogP contribution in [-0.4, -0.2) is 5.26 Å². The molecule has 0 fully saturated rings. The summed E-state index contributed by atoms with van der Waals surface area (Å²) in [6.07, 6.45) is 1.14.